The first-order chi connectivity index (χ1) is 19.8. The Hall–Kier alpha value is -2.33. The van der Waals surface area contributed by atoms with Crippen molar-refractivity contribution < 1.29 is 18.8 Å². The van der Waals surface area contributed by atoms with Gasteiger partial charge in [-0.3, -0.25) is 4.79 Å². The van der Waals surface area contributed by atoms with E-state index in [1.54, 1.807) is 0 Å². The van der Waals surface area contributed by atoms with Crippen molar-refractivity contribution in [3.63, 3.8) is 0 Å². The maximum atomic E-state index is 13.0. The van der Waals surface area contributed by atoms with Crippen LogP contribution in [-0.2, 0) is 22.5 Å². The van der Waals surface area contributed by atoms with Crippen molar-refractivity contribution in [2.24, 2.45) is 5.92 Å². The second-order valence-corrected chi connectivity index (χ2v) is 12.7. The number of hydrogen-bond acceptors (Lipinski definition) is 3. The van der Waals surface area contributed by atoms with Crippen LogP contribution in [-0.4, -0.2) is 37.4 Å². The van der Waals surface area contributed by atoms with Crippen LogP contribution in [0.15, 0.2) is 54.6 Å². The standard InChI is InChI=1S/C37H60NO3/c1-6-8-9-10-11-12-13-14-15-16-17-19-23-33-26-28-35(29-27-33)40-36(22-7-2)41-37(39)32(3)30-38(4,5)31-34-24-20-18-21-25-34/h18,20-21,24-29,32,36H,6-17,19,22-23,30-31H2,1-5H3/q+1. The van der Waals surface area contributed by atoms with E-state index in [0.29, 0.717) is 13.0 Å². The van der Waals surface area contributed by atoms with Gasteiger partial charge in [0.05, 0.1) is 20.6 Å². The van der Waals surface area contributed by atoms with E-state index in [-0.39, 0.29) is 11.9 Å². The Morgan fingerprint density at radius 3 is 1.83 bits per heavy atom. The Morgan fingerprint density at radius 1 is 0.707 bits per heavy atom. The number of rotatable bonds is 23. The number of nitrogens with zero attached hydrogens (tertiary/aromatic N) is 1. The Bertz CT molecular complexity index is 925. The molecule has 0 aliphatic heterocycles. The Morgan fingerprint density at radius 2 is 1.27 bits per heavy atom. The highest BCUT2D eigenvalue weighted by molar-refractivity contribution is 5.72. The van der Waals surface area contributed by atoms with Gasteiger partial charge in [-0.1, -0.05) is 127 Å². The van der Waals surface area contributed by atoms with Crippen molar-refractivity contribution in [1.82, 2.24) is 0 Å². The monoisotopic (exact) mass is 566 g/mol. The lowest BCUT2D eigenvalue weighted by Gasteiger charge is -2.32. The number of quaternary nitrogens is 1. The molecule has 2 atom stereocenters. The quantitative estimate of drug-likeness (QED) is 0.0581. The van der Waals surface area contributed by atoms with Gasteiger partial charge in [-0.2, -0.15) is 0 Å². The molecule has 0 fully saturated rings. The van der Waals surface area contributed by atoms with E-state index in [0.717, 1.165) is 29.6 Å². The third kappa shape index (κ3) is 16.0. The molecule has 4 nitrogen and oxygen atoms in total. The van der Waals surface area contributed by atoms with Crippen LogP contribution < -0.4 is 4.74 Å². The fourth-order valence-corrected chi connectivity index (χ4v) is 5.64. The number of benzene rings is 2. The molecule has 41 heavy (non-hydrogen) atoms. The molecule has 2 aromatic rings. The highest BCUT2D eigenvalue weighted by Gasteiger charge is 2.28. The number of esters is 1. The molecule has 2 rings (SSSR count). The van der Waals surface area contributed by atoms with Gasteiger partial charge in [0, 0.05) is 12.0 Å². The number of carbonyl (C=O) groups is 1. The third-order valence-electron chi connectivity index (χ3n) is 7.91. The Labute approximate surface area is 252 Å². The average molecular weight is 567 g/mol. The summed E-state index contributed by atoms with van der Waals surface area (Å²) in [6.07, 6.45) is 18.6. The van der Waals surface area contributed by atoms with Crippen molar-refractivity contribution in [3.05, 3.63) is 65.7 Å². The molecule has 0 heterocycles. The van der Waals surface area contributed by atoms with Gasteiger partial charge < -0.3 is 14.0 Å². The summed E-state index contributed by atoms with van der Waals surface area (Å²) in [7, 11) is 4.32. The molecule has 0 amide bonds. The minimum Gasteiger partial charge on any atom is -0.455 e. The summed E-state index contributed by atoms with van der Waals surface area (Å²) in [4.78, 5) is 13.0. The summed E-state index contributed by atoms with van der Waals surface area (Å²) in [6, 6.07) is 18.8. The molecule has 0 radical (unpaired) electrons. The molecular formula is C37H60NO3+. The van der Waals surface area contributed by atoms with Crippen molar-refractivity contribution >= 4 is 5.97 Å². The molecule has 2 unspecified atom stereocenters. The third-order valence-corrected chi connectivity index (χ3v) is 7.91. The van der Waals surface area contributed by atoms with Crippen molar-refractivity contribution in [1.29, 1.82) is 0 Å². The number of aryl methyl sites for hydroxylation is 1. The normalized spacial score (nSPS) is 13.1. The van der Waals surface area contributed by atoms with Gasteiger partial charge in [0.2, 0.25) is 6.29 Å². The lowest BCUT2D eigenvalue weighted by atomic mass is 10.0. The maximum absolute atomic E-state index is 13.0. The lowest BCUT2D eigenvalue weighted by molar-refractivity contribution is -0.905. The van der Waals surface area contributed by atoms with Gasteiger partial charge in [0.15, 0.2) is 0 Å². The topological polar surface area (TPSA) is 35.5 Å². The van der Waals surface area contributed by atoms with Crippen molar-refractivity contribution in [2.75, 3.05) is 20.6 Å². The average Bonchev–Trinajstić information content (AvgIpc) is 2.94. The summed E-state index contributed by atoms with van der Waals surface area (Å²) in [5.74, 6) is 0.364. The highest BCUT2D eigenvalue weighted by atomic mass is 16.7. The van der Waals surface area contributed by atoms with Gasteiger partial charge in [-0.05, 0) is 43.9 Å². The fourth-order valence-electron chi connectivity index (χ4n) is 5.64. The molecule has 0 saturated heterocycles. The minimum atomic E-state index is -0.554. The Kier molecular flexibility index (Phi) is 17.5. The van der Waals surface area contributed by atoms with E-state index < -0.39 is 6.29 Å². The van der Waals surface area contributed by atoms with Crippen LogP contribution in [0.5, 0.6) is 5.75 Å². The van der Waals surface area contributed by atoms with E-state index in [1.165, 1.54) is 88.2 Å². The highest BCUT2D eigenvalue weighted by Crippen LogP contribution is 2.20. The second-order valence-electron chi connectivity index (χ2n) is 12.7. The maximum Gasteiger partial charge on any atom is 0.317 e. The summed E-state index contributed by atoms with van der Waals surface area (Å²) >= 11 is 0. The zero-order valence-corrected chi connectivity index (χ0v) is 27.0. The van der Waals surface area contributed by atoms with Crippen LogP contribution in [0.4, 0.5) is 0 Å². The van der Waals surface area contributed by atoms with Crippen LogP contribution in [0, 0.1) is 5.92 Å². The molecule has 2 aromatic carbocycles. The van der Waals surface area contributed by atoms with Crippen LogP contribution >= 0.6 is 0 Å². The Balaban J connectivity index is 1.67. The predicted molar refractivity (Wildman–Crippen MR) is 173 cm³/mol. The zero-order chi connectivity index (χ0) is 29.8. The molecular weight excluding hydrogens is 506 g/mol. The van der Waals surface area contributed by atoms with E-state index in [2.05, 4.69) is 64.3 Å². The molecule has 0 bridgehead atoms. The fraction of sp³-hybridized carbons (Fsp3) is 0.649. The zero-order valence-electron chi connectivity index (χ0n) is 27.0. The molecule has 0 aliphatic carbocycles. The summed E-state index contributed by atoms with van der Waals surface area (Å²) in [5.41, 5.74) is 2.62. The summed E-state index contributed by atoms with van der Waals surface area (Å²) < 4.78 is 12.7. The minimum absolute atomic E-state index is 0.189. The lowest BCUT2D eigenvalue weighted by Crippen LogP contribution is -2.44. The number of ether oxygens (including phenoxy) is 2. The molecule has 0 N–H and O–H groups in total. The number of hydrogen-bond donors (Lipinski definition) is 0. The molecule has 0 aromatic heterocycles. The SMILES string of the molecule is CCCCCCCCCCCCCCc1ccc(OC(CCC)OC(=O)C(C)C[N+](C)(C)Cc2ccccc2)cc1. The van der Waals surface area contributed by atoms with E-state index in [9.17, 15) is 4.79 Å². The first-order valence-electron chi connectivity index (χ1n) is 16.6. The number of unbranched alkanes of at least 4 members (excludes halogenated alkanes) is 11. The smallest absolute Gasteiger partial charge is 0.317 e. The first kappa shape index (κ1) is 34.9. The summed E-state index contributed by atoms with van der Waals surface area (Å²) in [6.45, 7) is 7.91. The van der Waals surface area contributed by atoms with E-state index in [4.69, 9.17) is 9.47 Å². The van der Waals surface area contributed by atoms with Crippen LogP contribution in [0.25, 0.3) is 0 Å². The van der Waals surface area contributed by atoms with Crippen LogP contribution in [0.2, 0.25) is 0 Å². The molecule has 0 aliphatic rings. The van der Waals surface area contributed by atoms with Crippen molar-refractivity contribution in [2.45, 2.75) is 130 Å². The molecule has 0 spiro atoms. The van der Waals surface area contributed by atoms with Gasteiger partial charge in [0.1, 0.15) is 18.2 Å². The largest absolute Gasteiger partial charge is 0.455 e. The van der Waals surface area contributed by atoms with Crippen LogP contribution in [0.1, 0.15) is 122 Å². The van der Waals surface area contributed by atoms with Gasteiger partial charge in [0.25, 0.3) is 0 Å². The van der Waals surface area contributed by atoms with Gasteiger partial charge in [-0.25, -0.2) is 0 Å². The van der Waals surface area contributed by atoms with E-state index >= 15 is 0 Å². The molecule has 230 valence electrons. The van der Waals surface area contributed by atoms with E-state index in [1.807, 2.05) is 25.1 Å². The number of carbonyl (C=O) groups excluding carboxylic acids is 1. The second kappa shape index (κ2) is 20.5. The van der Waals surface area contributed by atoms with Gasteiger partial charge >= 0.3 is 5.97 Å². The predicted octanol–water partition coefficient (Wildman–Crippen LogP) is 9.89. The first-order valence-corrected chi connectivity index (χ1v) is 16.6. The van der Waals surface area contributed by atoms with Crippen LogP contribution in [0.3, 0.4) is 0 Å². The summed E-state index contributed by atoms with van der Waals surface area (Å²) in [5, 5.41) is 0. The van der Waals surface area contributed by atoms with Gasteiger partial charge in [-0.15, -0.1) is 0 Å². The molecule has 0 saturated carbocycles. The van der Waals surface area contributed by atoms with Crippen molar-refractivity contribution in [3.8, 4) is 5.75 Å². The molecule has 4 heteroatoms.